The molecule has 1 fully saturated rings. The van der Waals surface area contributed by atoms with Gasteiger partial charge in [0.1, 0.15) is 12.4 Å². The molecule has 3 rings (SSSR count). The van der Waals surface area contributed by atoms with Crippen LogP contribution in [0.15, 0.2) is 36.7 Å². The van der Waals surface area contributed by atoms with Crippen molar-refractivity contribution in [1.82, 2.24) is 25.5 Å². The predicted octanol–water partition coefficient (Wildman–Crippen LogP) is 0.00780. The first-order valence-electron chi connectivity index (χ1n) is 7.78. The second-order valence-corrected chi connectivity index (χ2v) is 8.24. The molecule has 2 heterocycles. The highest BCUT2D eigenvalue weighted by molar-refractivity contribution is 7.91. The fourth-order valence-corrected chi connectivity index (χ4v) is 4.71. The van der Waals surface area contributed by atoms with Gasteiger partial charge in [0, 0.05) is 13.0 Å². The number of benzene rings is 1. The number of rotatable bonds is 6. The van der Waals surface area contributed by atoms with E-state index in [0.717, 1.165) is 5.56 Å². The van der Waals surface area contributed by atoms with E-state index in [1.165, 1.54) is 11.0 Å². The third-order valence-electron chi connectivity index (χ3n) is 4.15. The number of nitrogens with zero attached hydrogens (tertiary/aromatic N) is 4. The van der Waals surface area contributed by atoms with Crippen LogP contribution in [0.1, 0.15) is 18.0 Å². The van der Waals surface area contributed by atoms with Gasteiger partial charge in [0.2, 0.25) is 5.91 Å². The molecular formula is C15H19N5O3S. The molecule has 1 aliphatic heterocycles. The summed E-state index contributed by atoms with van der Waals surface area (Å²) in [5, 5.41) is 13.9. The molecule has 0 aliphatic carbocycles. The van der Waals surface area contributed by atoms with Crippen LogP contribution < -0.4 is 5.32 Å². The predicted molar refractivity (Wildman–Crippen MR) is 86.8 cm³/mol. The lowest BCUT2D eigenvalue weighted by Gasteiger charge is -2.17. The molecule has 1 aromatic heterocycles. The summed E-state index contributed by atoms with van der Waals surface area (Å²) in [5.74, 6) is 0.107. The number of carbonyl (C=O) groups excluding carboxylic acids is 1. The zero-order chi connectivity index (χ0) is 17.0. The quantitative estimate of drug-likeness (QED) is 0.787. The summed E-state index contributed by atoms with van der Waals surface area (Å²) in [6, 6.07) is 9.04. The minimum Gasteiger partial charge on any atom is -0.354 e. The van der Waals surface area contributed by atoms with E-state index >= 15 is 0 Å². The Kier molecular flexibility index (Phi) is 4.89. The van der Waals surface area contributed by atoms with Gasteiger partial charge in [-0.05, 0) is 28.3 Å². The molecule has 1 aliphatic rings. The van der Waals surface area contributed by atoms with Gasteiger partial charge in [-0.2, -0.15) is 0 Å². The van der Waals surface area contributed by atoms with Crippen molar-refractivity contribution in [2.24, 2.45) is 5.92 Å². The van der Waals surface area contributed by atoms with Gasteiger partial charge < -0.3 is 5.32 Å². The number of nitrogens with one attached hydrogen (secondary N) is 1. The summed E-state index contributed by atoms with van der Waals surface area (Å²) >= 11 is 0. The molecule has 0 radical (unpaired) electrons. The maximum absolute atomic E-state index is 12.6. The number of hydrogen-bond acceptors (Lipinski definition) is 6. The van der Waals surface area contributed by atoms with E-state index in [0.29, 0.717) is 19.4 Å². The van der Waals surface area contributed by atoms with Gasteiger partial charge in [-0.3, -0.25) is 4.79 Å². The van der Waals surface area contributed by atoms with E-state index in [-0.39, 0.29) is 23.3 Å². The molecule has 1 N–H and O–H groups in total. The van der Waals surface area contributed by atoms with Crippen molar-refractivity contribution in [3.05, 3.63) is 42.2 Å². The third-order valence-corrected chi connectivity index (χ3v) is 5.99. The summed E-state index contributed by atoms with van der Waals surface area (Å²) in [6.07, 6.45) is 2.46. The van der Waals surface area contributed by atoms with Crippen molar-refractivity contribution in [2.75, 3.05) is 18.1 Å². The molecule has 128 valence electrons. The largest absolute Gasteiger partial charge is 0.354 e. The summed E-state index contributed by atoms with van der Waals surface area (Å²) in [6.45, 7) is 0.353. The van der Waals surface area contributed by atoms with Crippen molar-refractivity contribution in [2.45, 2.75) is 18.9 Å². The Morgan fingerprint density at radius 2 is 2.12 bits per heavy atom. The Bertz CT molecular complexity index is 777. The SMILES string of the molecule is O=C(NC[C@H]1CCS(=O)(=O)C1)[C@H](Cc1ccccc1)n1cnnn1. The normalized spacial score (nSPS) is 20.6. The summed E-state index contributed by atoms with van der Waals surface area (Å²) < 4.78 is 24.4. The fraction of sp³-hybridized carbons (Fsp3) is 0.467. The Morgan fingerprint density at radius 1 is 1.33 bits per heavy atom. The lowest BCUT2D eigenvalue weighted by molar-refractivity contribution is -0.124. The van der Waals surface area contributed by atoms with Crippen LogP contribution in [0.3, 0.4) is 0 Å². The zero-order valence-corrected chi connectivity index (χ0v) is 13.9. The number of aromatic nitrogens is 4. The van der Waals surface area contributed by atoms with Crippen LogP contribution in [0.2, 0.25) is 0 Å². The summed E-state index contributed by atoms with van der Waals surface area (Å²) in [4.78, 5) is 12.6. The lowest BCUT2D eigenvalue weighted by atomic mass is 10.0. The van der Waals surface area contributed by atoms with Gasteiger partial charge in [0.05, 0.1) is 11.5 Å². The number of hydrogen-bond donors (Lipinski definition) is 1. The molecule has 2 atom stereocenters. The van der Waals surface area contributed by atoms with E-state index in [4.69, 9.17) is 0 Å². The Morgan fingerprint density at radius 3 is 2.75 bits per heavy atom. The molecule has 8 nitrogen and oxygen atoms in total. The van der Waals surface area contributed by atoms with Crippen molar-refractivity contribution in [3.8, 4) is 0 Å². The topological polar surface area (TPSA) is 107 Å². The van der Waals surface area contributed by atoms with Crippen LogP contribution >= 0.6 is 0 Å². The Labute approximate surface area is 140 Å². The van der Waals surface area contributed by atoms with Crippen molar-refractivity contribution in [3.63, 3.8) is 0 Å². The van der Waals surface area contributed by atoms with Crippen LogP contribution in [-0.2, 0) is 21.1 Å². The fourth-order valence-electron chi connectivity index (χ4n) is 2.85. The van der Waals surface area contributed by atoms with E-state index in [2.05, 4.69) is 20.8 Å². The minimum atomic E-state index is -2.94. The monoisotopic (exact) mass is 349 g/mol. The summed E-state index contributed by atoms with van der Waals surface area (Å²) in [7, 11) is -2.94. The summed E-state index contributed by atoms with van der Waals surface area (Å²) in [5.41, 5.74) is 0.997. The molecule has 0 saturated carbocycles. The Hall–Kier alpha value is -2.29. The van der Waals surface area contributed by atoms with Gasteiger partial charge in [0.15, 0.2) is 9.84 Å². The molecule has 0 unspecified atom stereocenters. The van der Waals surface area contributed by atoms with Crippen LogP contribution in [0.5, 0.6) is 0 Å². The number of amides is 1. The first kappa shape index (κ1) is 16.6. The van der Waals surface area contributed by atoms with Crippen molar-refractivity contribution in [1.29, 1.82) is 0 Å². The maximum Gasteiger partial charge on any atom is 0.245 e. The first-order chi connectivity index (χ1) is 11.5. The first-order valence-corrected chi connectivity index (χ1v) is 9.60. The molecule has 1 saturated heterocycles. The molecule has 1 aromatic carbocycles. The zero-order valence-electron chi connectivity index (χ0n) is 13.1. The molecule has 1 amide bonds. The molecule has 9 heteroatoms. The molecule has 2 aromatic rings. The molecular weight excluding hydrogens is 330 g/mol. The highest BCUT2D eigenvalue weighted by Gasteiger charge is 2.29. The number of carbonyl (C=O) groups is 1. The van der Waals surface area contributed by atoms with Crippen LogP contribution in [0, 0.1) is 5.92 Å². The molecule has 24 heavy (non-hydrogen) atoms. The number of tetrazole rings is 1. The molecule has 0 bridgehead atoms. The average Bonchev–Trinajstić information content (AvgIpc) is 3.21. The average molecular weight is 349 g/mol. The van der Waals surface area contributed by atoms with Crippen LogP contribution in [0.4, 0.5) is 0 Å². The second kappa shape index (κ2) is 7.08. The van der Waals surface area contributed by atoms with E-state index in [1.54, 1.807) is 0 Å². The third kappa shape index (κ3) is 4.16. The van der Waals surface area contributed by atoms with E-state index in [1.807, 2.05) is 30.3 Å². The van der Waals surface area contributed by atoms with E-state index in [9.17, 15) is 13.2 Å². The van der Waals surface area contributed by atoms with Crippen molar-refractivity contribution < 1.29 is 13.2 Å². The van der Waals surface area contributed by atoms with Crippen molar-refractivity contribution >= 4 is 15.7 Å². The van der Waals surface area contributed by atoms with Crippen LogP contribution in [-0.4, -0.2) is 52.6 Å². The second-order valence-electron chi connectivity index (χ2n) is 6.01. The van der Waals surface area contributed by atoms with Gasteiger partial charge in [0.25, 0.3) is 0 Å². The maximum atomic E-state index is 12.6. The van der Waals surface area contributed by atoms with Gasteiger partial charge in [-0.25, -0.2) is 13.1 Å². The van der Waals surface area contributed by atoms with E-state index < -0.39 is 15.9 Å². The van der Waals surface area contributed by atoms with Gasteiger partial charge in [-0.1, -0.05) is 30.3 Å². The van der Waals surface area contributed by atoms with Crippen LogP contribution in [0.25, 0.3) is 0 Å². The minimum absolute atomic E-state index is 0.0230. The lowest BCUT2D eigenvalue weighted by Crippen LogP contribution is -2.37. The standard InChI is InChI=1S/C15H19N5O3S/c21-15(16-9-13-6-7-24(22,23)10-13)14(20-11-17-18-19-20)8-12-4-2-1-3-5-12/h1-5,11,13-14H,6-10H2,(H,16,21)/t13-,14+/m1/s1. The Balaban J connectivity index is 1.65. The molecule has 0 spiro atoms. The highest BCUT2D eigenvalue weighted by Crippen LogP contribution is 2.18. The van der Waals surface area contributed by atoms with Gasteiger partial charge >= 0.3 is 0 Å². The highest BCUT2D eigenvalue weighted by atomic mass is 32.2. The number of sulfone groups is 1. The smallest absolute Gasteiger partial charge is 0.245 e. The van der Waals surface area contributed by atoms with Gasteiger partial charge in [-0.15, -0.1) is 5.10 Å².